The Labute approximate surface area is 132 Å². The Kier molecular flexibility index (Phi) is 3.66. The number of aromatic nitrogens is 1. The highest BCUT2D eigenvalue weighted by Crippen LogP contribution is 2.30. The molecule has 0 radical (unpaired) electrons. The van der Waals surface area contributed by atoms with Gasteiger partial charge >= 0.3 is 0 Å². The van der Waals surface area contributed by atoms with Crippen LogP contribution in [0.5, 0.6) is 0 Å². The molecule has 1 amide bonds. The molecule has 5 nitrogen and oxygen atoms in total. The van der Waals surface area contributed by atoms with Gasteiger partial charge in [0.2, 0.25) is 5.89 Å². The van der Waals surface area contributed by atoms with Gasteiger partial charge in [-0.3, -0.25) is 4.79 Å². The van der Waals surface area contributed by atoms with Crippen molar-refractivity contribution in [3.63, 3.8) is 0 Å². The van der Waals surface area contributed by atoms with E-state index in [1.807, 2.05) is 32.9 Å². The van der Waals surface area contributed by atoms with Gasteiger partial charge in [0.05, 0.1) is 17.3 Å². The molecule has 114 valence electrons. The maximum atomic E-state index is 12.3. The first-order valence-electron chi connectivity index (χ1n) is 6.86. The van der Waals surface area contributed by atoms with E-state index in [0.717, 1.165) is 22.4 Å². The van der Waals surface area contributed by atoms with E-state index in [0.29, 0.717) is 16.5 Å². The number of aryl methyl sites for hydroxylation is 3. The van der Waals surface area contributed by atoms with E-state index in [2.05, 4.69) is 10.3 Å². The fourth-order valence-electron chi connectivity index (χ4n) is 2.28. The standard InChI is InChI=1S/C16H15ClN2O3/c1-8-11-5-4-6-12(17)15(11)22-14(8)16(20)18-7-13-19-9(2)10(3)21-13/h4-6H,7H2,1-3H3,(H,18,20). The molecule has 0 aliphatic heterocycles. The Bertz CT molecular complexity index is 844. The van der Waals surface area contributed by atoms with E-state index in [4.69, 9.17) is 20.4 Å². The third-order valence-electron chi connectivity index (χ3n) is 3.59. The van der Waals surface area contributed by atoms with Crippen LogP contribution in [0.3, 0.4) is 0 Å². The van der Waals surface area contributed by atoms with Crippen molar-refractivity contribution in [1.82, 2.24) is 10.3 Å². The molecule has 0 unspecified atom stereocenters. The predicted octanol–water partition coefficient (Wildman–Crippen LogP) is 3.93. The van der Waals surface area contributed by atoms with Gasteiger partial charge in [-0.25, -0.2) is 4.98 Å². The molecule has 0 saturated heterocycles. The van der Waals surface area contributed by atoms with Crippen molar-refractivity contribution >= 4 is 28.5 Å². The fraction of sp³-hybridized carbons (Fsp3) is 0.250. The van der Waals surface area contributed by atoms with Crippen molar-refractivity contribution in [2.45, 2.75) is 27.3 Å². The number of nitrogens with one attached hydrogen (secondary N) is 1. The second kappa shape index (κ2) is 5.50. The summed E-state index contributed by atoms with van der Waals surface area (Å²) in [4.78, 5) is 16.5. The molecule has 3 aromatic rings. The van der Waals surface area contributed by atoms with Crippen molar-refractivity contribution < 1.29 is 13.6 Å². The number of hydrogen-bond acceptors (Lipinski definition) is 4. The van der Waals surface area contributed by atoms with Crippen LogP contribution in [0.25, 0.3) is 11.0 Å². The van der Waals surface area contributed by atoms with E-state index in [1.54, 1.807) is 6.07 Å². The van der Waals surface area contributed by atoms with Crippen LogP contribution in [0.4, 0.5) is 0 Å². The quantitative estimate of drug-likeness (QED) is 0.794. The zero-order valence-corrected chi connectivity index (χ0v) is 13.2. The number of para-hydroxylation sites is 1. The Morgan fingerprint density at radius 2 is 2.05 bits per heavy atom. The normalized spacial score (nSPS) is 11.1. The molecule has 0 saturated carbocycles. The lowest BCUT2D eigenvalue weighted by molar-refractivity contribution is 0.0920. The Morgan fingerprint density at radius 3 is 2.68 bits per heavy atom. The number of amides is 1. The number of nitrogens with zero attached hydrogens (tertiary/aromatic N) is 1. The highest BCUT2D eigenvalue weighted by Gasteiger charge is 2.19. The van der Waals surface area contributed by atoms with Gasteiger partial charge < -0.3 is 14.2 Å². The summed E-state index contributed by atoms with van der Waals surface area (Å²) in [6.07, 6.45) is 0. The zero-order chi connectivity index (χ0) is 15.9. The predicted molar refractivity (Wildman–Crippen MR) is 83.1 cm³/mol. The first-order chi connectivity index (χ1) is 10.5. The van der Waals surface area contributed by atoms with Gasteiger partial charge in [0.1, 0.15) is 5.76 Å². The molecule has 2 heterocycles. The van der Waals surface area contributed by atoms with Crippen LogP contribution in [0, 0.1) is 20.8 Å². The van der Waals surface area contributed by atoms with Gasteiger partial charge in [0.15, 0.2) is 11.3 Å². The van der Waals surface area contributed by atoms with Crippen LogP contribution < -0.4 is 5.32 Å². The third kappa shape index (κ3) is 2.48. The van der Waals surface area contributed by atoms with Crippen LogP contribution >= 0.6 is 11.6 Å². The van der Waals surface area contributed by atoms with Crippen molar-refractivity contribution in [3.05, 3.63) is 51.9 Å². The van der Waals surface area contributed by atoms with Crippen LogP contribution in [-0.4, -0.2) is 10.9 Å². The fourth-order valence-corrected chi connectivity index (χ4v) is 2.49. The number of fused-ring (bicyclic) bond motifs is 1. The van der Waals surface area contributed by atoms with Crippen molar-refractivity contribution in [1.29, 1.82) is 0 Å². The summed E-state index contributed by atoms with van der Waals surface area (Å²) in [5, 5.41) is 4.06. The molecule has 6 heteroatoms. The maximum absolute atomic E-state index is 12.3. The van der Waals surface area contributed by atoms with E-state index in [-0.39, 0.29) is 18.2 Å². The minimum atomic E-state index is -0.321. The average Bonchev–Trinajstić information content (AvgIpc) is 2.99. The number of carbonyl (C=O) groups excluding carboxylic acids is 1. The lowest BCUT2D eigenvalue weighted by atomic mass is 10.1. The second-order valence-corrected chi connectivity index (χ2v) is 5.51. The SMILES string of the molecule is Cc1nc(CNC(=O)c2oc3c(Cl)cccc3c2C)oc1C. The molecule has 3 rings (SSSR count). The first-order valence-corrected chi connectivity index (χ1v) is 7.24. The lowest BCUT2D eigenvalue weighted by Crippen LogP contribution is -2.23. The van der Waals surface area contributed by atoms with Gasteiger partial charge in [-0.05, 0) is 26.8 Å². The molecule has 2 aromatic heterocycles. The monoisotopic (exact) mass is 318 g/mol. The number of rotatable bonds is 3. The number of halogens is 1. The van der Waals surface area contributed by atoms with Crippen LogP contribution in [-0.2, 0) is 6.54 Å². The Balaban J connectivity index is 1.83. The Hall–Kier alpha value is -2.27. The van der Waals surface area contributed by atoms with Crippen molar-refractivity contribution in [2.75, 3.05) is 0 Å². The van der Waals surface area contributed by atoms with Gasteiger partial charge in [0.25, 0.3) is 5.91 Å². The lowest BCUT2D eigenvalue weighted by Gasteiger charge is -2.00. The molecule has 0 aliphatic rings. The number of oxazole rings is 1. The topological polar surface area (TPSA) is 68.3 Å². The molecule has 1 aromatic carbocycles. The van der Waals surface area contributed by atoms with Gasteiger partial charge in [-0.1, -0.05) is 23.7 Å². The number of hydrogen-bond donors (Lipinski definition) is 1. The summed E-state index contributed by atoms with van der Waals surface area (Å²) in [7, 11) is 0. The van der Waals surface area contributed by atoms with E-state index in [1.165, 1.54) is 0 Å². The van der Waals surface area contributed by atoms with E-state index < -0.39 is 0 Å². The molecule has 0 bridgehead atoms. The average molecular weight is 319 g/mol. The highest BCUT2D eigenvalue weighted by molar-refractivity contribution is 6.35. The summed E-state index contributed by atoms with van der Waals surface area (Å²) < 4.78 is 11.0. The van der Waals surface area contributed by atoms with Gasteiger partial charge in [0, 0.05) is 10.9 Å². The molecule has 1 N–H and O–H groups in total. The summed E-state index contributed by atoms with van der Waals surface area (Å²) in [6.45, 7) is 5.73. The van der Waals surface area contributed by atoms with Crippen LogP contribution in [0.15, 0.2) is 27.0 Å². The third-order valence-corrected chi connectivity index (χ3v) is 3.89. The maximum Gasteiger partial charge on any atom is 0.287 e. The highest BCUT2D eigenvalue weighted by atomic mass is 35.5. The Morgan fingerprint density at radius 1 is 1.27 bits per heavy atom. The molecule has 22 heavy (non-hydrogen) atoms. The van der Waals surface area contributed by atoms with E-state index in [9.17, 15) is 4.79 Å². The minimum Gasteiger partial charge on any atom is -0.449 e. The molecule has 0 aliphatic carbocycles. The van der Waals surface area contributed by atoms with E-state index >= 15 is 0 Å². The number of furan rings is 1. The molecule has 0 fully saturated rings. The summed E-state index contributed by atoms with van der Waals surface area (Å²) in [5.41, 5.74) is 2.10. The van der Waals surface area contributed by atoms with Gasteiger partial charge in [-0.2, -0.15) is 0 Å². The molecular weight excluding hydrogens is 304 g/mol. The molecule has 0 spiro atoms. The summed E-state index contributed by atoms with van der Waals surface area (Å²) in [6, 6.07) is 5.43. The second-order valence-electron chi connectivity index (χ2n) is 5.10. The number of benzene rings is 1. The zero-order valence-electron chi connectivity index (χ0n) is 12.5. The van der Waals surface area contributed by atoms with Gasteiger partial charge in [-0.15, -0.1) is 0 Å². The van der Waals surface area contributed by atoms with Crippen molar-refractivity contribution in [3.8, 4) is 0 Å². The minimum absolute atomic E-state index is 0.206. The molecular formula is C16H15ClN2O3. The van der Waals surface area contributed by atoms with Crippen LogP contribution in [0.1, 0.15) is 33.5 Å². The molecule has 0 atom stereocenters. The summed E-state index contributed by atoms with van der Waals surface area (Å²) >= 11 is 6.09. The largest absolute Gasteiger partial charge is 0.449 e. The number of carbonyl (C=O) groups is 1. The smallest absolute Gasteiger partial charge is 0.287 e. The summed E-state index contributed by atoms with van der Waals surface area (Å²) in [5.74, 6) is 1.15. The first kappa shape index (κ1) is 14.7. The van der Waals surface area contributed by atoms with Crippen LogP contribution in [0.2, 0.25) is 5.02 Å². The van der Waals surface area contributed by atoms with Crippen molar-refractivity contribution in [2.24, 2.45) is 0 Å².